The first-order chi connectivity index (χ1) is 11.5. The van der Waals surface area contributed by atoms with Crippen LogP contribution in [0.4, 0.5) is 0 Å². The number of rotatable bonds is 7. The van der Waals surface area contributed by atoms with Gasteiger partial charge in [0.15, 0.2) is 0 Å². The van der Waals surface area contributed by atoms with Gasteiger partial charge >= 0.3 is 0 Å². The van der Waals surface area contributed by atoms with Crippen molar-refractivity contribution in [1.29, 1.82) is 5.26 Å². The van der Waals surface area contributed by atoms with E-state index in [-0.39, 0.29) is 6.61 Å². The Bertz CT molecular complexity index is 714. The first-order valence-corrected chi connectivity index (χ1v) is 8.01. The lowest BCUT2D eigenvalue weighted by Gasteiger charge is -2.21. The van der Waals surface area contributed by atoms with E-state index in [9.17, 15) is 5.11 Å². The third kappa shape index (κ3) is 5.99. The van der Waals surface area contributed by atoms with Gasteiger partial charge in [0, 0.05) is 35.5 Å². The zero-order valence-electron chi connectivity index (χ0n) is 13.1. The molecule has 7 heteroatoms. The van der Waals surface area contributed by atoms with E-state index >= 15 is 0 Å². The molecule has 24 heavy (non-hydrogen) atoms. The normalized spacial score (nSPS) is 12.0. The smallest absolute Gasteiger partial charge is 0.122 e. The van der Waals surface area contributed by atoms with Crippen molar-refractivity contribution in [2.45, 2.75) is 12.6 Å². The standard InChI is InChI=1S/C17H17Cl2N3O2/c1-22(9-13-2-12(6-20)7-21-8-13)10-16(23)11-24-17-4-14(18)3-15(19)5-17/h2-5,7-8,16,23H,9-11H2,1H3. The summed E-state index contributed by atoms with van der Waals surface area (Å²) in [5, 5.41) is 19.9. The molecule has 2 aromatic rings. The van der Waals surface area contributed by atoms with Gasteiger partial charge in [-0.3, -0.25) is 9.88 Å². The molecule has 0 aliphatic rings. The van der Waals surface area contributed by atoms with E-state index in [1.807, 2.05) is 11.9 Å². The predicted molar refractivity (Wildman–Crippen MR) is 93.2 cm³/mol. The van der Waals surface area contributed by atoms with Crippen LogP contribution in [0.2, 0.25) is 10.0 Å². The van der Waals surface area contributed by atoms with Crippen molar-refractivity contribution >= 4 is 23.2 Å². The van der Waals surface area contributed by atoms with Crippen LogP contribution >= 0.6 is 23.2 Å². The molecular weight excluding hydrogens is 349 g/mol. The third-order valence-corrected chi connectivity index (χ3v) is 3.61. The summed E-state index contributed by atoms with van der Waals surface area (Å²) >= 11 is 11.8. The Morgan fingerprint density at radius 2 is 1.96 bits per heavy atom. The zero-order valence-corrected chi connectivity index (χ0v) is 14.6. The molecule has 0 amide bonds. The highest BCUT2D eigenvalue weighted by atomic mass is 35.5. The highest BCUT2D eigenvalue weighted by molar-refractivity contribution is 6.34. The number of pyridine rings is 1. The molecule has 1 unspecified atom stereocenters. The molecule has 126 valence electrons. The molecule has 0 saturated heterocycles. The van der Waals surface area contributed by atoms with Crippen LogP contribution in [0, 0.1) is 11.3 Å². The Morgan fingerprint density at radius 3 is 2.62 bits per heavy atom. The van der Waals surface area contributed by atoms with Crippen molar-refractivity contribution in [3.05, 3.63) is 57.8 Å². The lowest BCUT2D eigenvalue weighted by Crippen LogP contribution is -2.32. The van der Waals surface area contributed by atoms with Crippen LogP contribution in [0.15, 0.2) is 36.7 Å². The van der Waals surface area contributed by atoms with Crippen molar-refractivity contribution in [3.63, 3.8) is 0 Å². The van der Waals surface area contributed by atoms with Crippen LogP contribution in [0.3, 0.4) is 0 Å². The van der Waals surface area contributed by atoms with E-state index in [2.05, 4.69) is 11.1 Å². The summed E-state index contributed by atoms with van der Waals surface area (Å²) in [5.74, 6) is 0.514. The molecule has 0 saturated carbocycles. The average molecular weight is 366 g/mol. The molecular formula is C17H17Cl2N3O2. The van der Waals surface area contributed by atoms with Crippen LogP contribution < -0.4 is 4.74 Å². The van der Waals surface area contributed by atoms with Crippen LogP contribution in [0.5, 0.6) is 5.75 Å². The number of hydrogen-bond acceptors (Lipinski definition) is 5. The Morgan fingerprint density at radius 1 is 1.25 bits per heavy atom. The van der Waals surface area contributed by atoms with Gasteiger partial charge in [-0.15, -0.1) is 0 Å². The number of likely N-dealkylation sites (N-methyl/N-ethyl adjacent to an activating group) is 1. The molecule has 5 nitrogen and oxygen atoms in total. The maximum absolute atomic E-state index is 10.1. The highest BCUT2D eigenvalue weighted by Crippen LogP contribution is 2.24. The highest BCUT2D eigenvalue weighted by Gasteiger charge is 2.11. The average Bonchev–Trinajstić information content (AvgIpc) is 2.52. The molecule has 1 N–H and O–H groups in total. The molecule has 0 fully saturated rings. The number of halogens is 2. The molecule has 0 aliphatic heterocycles. The Hall–Kier alpha value is -1.84. The number of aliphatic hydroxyl groups is 1. The van der Waals surface area contributed by atoms with Crippen LogP contribution in [0.1, 0.15) is 11.1 Å². The van der Waals surface area contributed by atoms with Gasteiger partial charge in [0.2, 0.25) is 0 Å². The van der Waals surface area contributed by atoms with Gasteiger partial charge < -0.3 is 9.84 Å². The molecule has 1 aromatic heterocycles. The summed E-state index contributed by atoms with van der Waals surface area (Å²) in [5.41, 5.74) is 1.42. The summed E-state index contributed by atoms with van der Waals surface area (Å²) < 4.78 is 5.52. The van der Waals surface area contributed by atoms with Crippen molar-refractivity contribution < 1.29 is 9.84 Å². The first kappa shape index (κ1) is 18.5. The number of nitriles is 1. The van der Waals surface area contributed by atoms with Gasteiger partial charge in [-0.2, -0.15) is 5.26 Å². The van der Waals surface area contributed by atoms with Gasteiger partial charge in [0.25, 0.3) is 0 Å². The van der Waals surface area contributed by atoms with E-state index in [0.29, 0.717) is 34.4 Å². The van der Waals surface area contributed by atoms with Crippen LogP contribution in [-0.2, 0) is 6.54 Å². The van der Waals surface area contributed by atoms with E-state index in [4.69, 9.17) is 33.2 Å². The summed E-state index contributed by atoms with van der Waals surface area (Å²) in [4.78, 5) is 5.95. The monoisotopic (exact) mass is 365 g/mol. The van der Waals surface area contributed by atoms with E-state index in [1.165, 1.54) is 6.20 Å². The third-order valence-electron chi connectivity index (χ3n) is 3.18. The fourth-order valence-electron chi connectivity index (χ4n) is 2.23. The van der Waals surface area contributed by atoms with Gasteiger partial charge in [0.1, 0.15) is 24.5 Å². The van der Waals surface area contributed by atoms with Crippen molar-refractivity contribution in [2.24, 2.45) is 0 Å². The lowest BCUT2D eigenvalue weighted by atomic mass is 10.2. The van der Waals surface area contributed by atoms with Gasteiger partial charge in [-0.1, -0.05) is 23.2 Å². The second-order valence-corrected chi connectivity index (χ2v) is 6.33. The number of benzene rings is 1. The van der Waals surface area contributed by atoms with Crippen LogP contribution in [0.25, 0.3) is 0 Å². The minimum atomic E-state index is -0.681. The molecule has 0 bridgehead atoms. The van der Waals surface area contributed by atoms with Gasteiger partial charge in [-0.25, -0.2) is 0 Å². The fraction of sp³-hybridized carbons (Fsp3) is 0.294. The molecule has 1 aromatic carbocycles. The molecule has 0 aliphatic carbocycles. The fourth-order valence-corrected chi connectivity index (χ4v) is 2.73. The summed E-state index contributed by atoms with van der Waals surface area (Å²) in [6.45, 7) is 1.10. The largest absolute Gasteiger partial charge is 0.491 e. The van der Waals surface area contributed by atoms with Crippen LogP contribution in [-0.4, -0.2) is 41.3 Å². The molecule has 1 atom stereocenters. The molecule has 1 heterocycles. The lowest BCUT2D eigenvalue weighted by molar-refractivity contribution is 0.0744. The summed E-state index contributed by atoms with van der Waals surface area (Å²) in [6, 6.07) is 8.73. The quantitative estimate of drug-likeness (QED) is 0.815. The van der Waals surface area contributed by atoms with Crippen molar-refractivity contribution in [3.8, 4) is 11.8 Å². The SMILES string of the molecule is CN(Cc1cncc(C#N)c1)CC(O)COc1cc(Cl)cc(Cl)c1. The number of aromatic nitrogens is 1. The topological polar surface area (TPSA) is 69.4 Å². The Kier molecular flexibility index (Phi) is 6.83. The second kappa shape index (κ2) is 8.86. The minimum absolute atomic E-state index is 0.123. The van der Waals surface area contributed by atoms with E-state index in [1.54, 1.807) is 30.5 Å². The number of aliphatic hydroxyl groups excluding tert-OH is 1. The maximum Gasteiger partial charge on any atom is 0.122 e. The van der Waals surface area contributed by atoms with E-state index in [0.717, 1.165) is 5.56 Å². The maximum atomic E-state index is 10.1. The molecule has 0 spiro atoms. The second-order valence-electron chi connectivity index (χ2n) is 5.46. The van der Waals surface area contributed by atoms with Crippen molar-refractivity contribution in [2.75, 3.05) is 20.2 Å². The molecule has 2 rings (SSSR count). The Labute approximate surface area is 151 Å². The first-order valence-electron chi connectivity index (χ1n) is 7.26. The Balaban J connectivity index is 1.82. The number of hydrogen-bond donors (Lipinski definition) is 1. The zero-order chi connectivity index (χ0) is 17.5. The van der Waals surface area contributed by atoms with Crippen molar-refractivity contribution in [1.82, 2.24) is 9.88 Å². The van der Waals surface area contributed by atoms with E-state index < -0.39 is 6.10 Å². The predicted octanol–water partition coefficient (Wildman–Crippen LogP) is 3.13. The minimum Gasteiger partial charge on any atom is -0.491 e. The number of nitrogens with zero attached hydrogens (tertiary/aromatic N) is 3. The molecule has 0 radical (unpaired) electrons. The number of ether oxygens (including phenoxy) is 1. The summed E-state index contributed by atoms with van der Waals surface area (Å²) in [7, 11) is 1.87. The van der Waals surface area contributed by atoms with Gasteiger partial charge in [-0.05, 0) is 36.9 Å². The summed E-state index contributed by atoms with van der Waals surface area (Å²) in [6.07, 6.45) is 2.54. The van der Waals surface area contributed by atoms with Gasteiger partial charge in [0.05, 0.1) is 5.56 Å².